The van der Waals surface area contributed by atoms with Gasteiger partial charge in [-0.3, -0.25) is 9.59 Å². The predicted molar refractivity (Wildman–Crippen MR) is 115 cm³/mol. The van der Waals surface area contributed by atoms with Gasteiger partial charge in [-0.15, -0.1) is 0 Å². The number of likely N-dealkylation sites (tertiary alicyclic amines) is 1. The smallest absolute Gasteiger partial charge is 0.258 e. The molecule has 0 unspecified atom stereocenters. The normalized spacial score (nSPS) is 24.2. The quantitative estimate of drug-likeness (QED) is 0.765. The molecule has 1 saturated heterocycles. The van der Waals surface area contributed by atoms with Crippen molar-refractivity contribution in [2.24, 2.45) is 11.8 Å². The highest BCUT2D eigenvalue weighted by molar-refractivity contribution is 5.79. The van der Waals surface area contributed by atoms with E-state index in [-0.39, 0.29) is 17.4 Å². The largest absolute Gasteiger partial charge is 0.341 e. The fraction of sp³-hybridized carbons (Fsp3) is 0.520. The van der Waals surface area contributed by atoms with Crippen molar-refractivity contribution in [1.29, 1.82) is 0 Å². The number of hydrogen-bond donors (Lipinski definition) is 0. The van der Waals surface area contributed by atoms with Crippen molar-refractivity contribution in [2.45, 2.75) is 57.9 Å². The van der Waals surface area contributed by atoms with Crippen molar-refractivity contribution in [3.05, 3.63) is 58.0 Å². The second kappa shape index (κ2) is 7.47. The lowest BCUT2D eigenvalue weighted by Crippen LogP contribution is -2.50. The summed E-state index contributed by atoms with van der Waals surface area (Å²) < 4.78 is 2.00. The number of aromatic nitrogens is 1. The van der Waals surface area contributed by atoms with Crippen LogP contribution in [0.25, 0.3) is 11.1 Å². The first-order valence-electron chi connectivity index (χ1n) is 11.2. The first-order chi connectivity index (χ1) is 14.1. The summed E-state index contributed by atoms with van der Waals surface area (Å²) in [5.41, 5.74) is 4.19. The van der Waals surface area contributed by atoms with Crippen molar-refractivity contribution >= 4 is 5.91 Å². The number of pyridine rings is 1. The van der Waals surface area contributed by atoms with Crippen molar-refractivity contribution in [3.8, 4) is 11.1 Å². The van der Waals surface area contributed by atoms with E-state index in [1.54, 1.807) is 0 Å². The minimum atomic E-state index is 0.124. The van der Waals surface area contributed by atoms with E-state index in [4.69, 9.17) is 0 Å². The summed E-state index contributed by atoms with van der Waals surface area (Å²) in [5.74, 6) is 1.27. The van der Waals surface area contributed by atoms with Crippen LogP contribution in [0.2, 0.25) is 0 Å². The summed E-state index contributed by atoms with van der Waals surface area (Å²) >= 11 is 0. The molecule has 2 fully saturated rings. The third-order valence-electron chi connectivity index (χ3n) is 7.31. The van der Waals surface area contributed by atoms with Crippen molar-refractivity contribution in [3.63, 3.8) is 0 Å². The lowest BCUT2D eigenvalue weighted by atomic mass is 9.81. The zero-order valence-corrected chi connectivity index (χ0v) is 17.3. The molecule has 1 saturated carbocycles. The van der Waals surface area contributed by atoms with Gasteiger partial charge in [-0.05, 0) is 55.4 Å². The first-order valence-corrected chi connectivity index (χ1v) is 11.2. The van der Waals surface area contributed by atoms with Gasteiger partial charge in [-0.25, -0.2) is 0 Å². The first kappa shape index (κ1) is 18.7. The summed E-state index contributed by atoms with van der Waals surface area (Å²) in [6, 6.07) is 12.2. The molecule has 1 aromatic carbocycles. The van der Waals surface area contributed by atoms with E-state index in [0.717, 1.165) is 61.3 Å². The van der Waals surface area contributed by atoms with Gasteiger partial charge < -0.3 is 9.47 Å². The number of amides is 1. The molecule has 0 radical (unpaired) electrons. The minimum Gasteiger partial charge on any atom is -0.341 e. The molecule has 5 rings (SSSR count). The van der Waals surface area contributed by atoms with Gasteiger partial charge in [0.15, 0.2) is 0 Å². The topological polar surface area (TPSA) is 42.3 Å². The Hall–Kier alpha value is -2.36. The summed E-state index contributed by atoms with van der Waals surface area (Å²) in [6.45, 7) is 4.38. The number of rotatable bonds is 2. The fourth-order valence-electron chi connectivity index (χ4n) is 5.81. The van der Waals surface area contributed by atoms with Crippen LogP contribution in [-0.2, 0) is 11.3 Å². The SMILES string of the molecule is Cc1ccccc1-c1ccc2n(c1=O)C[C@H]1C[C@@H]2CN(C(=O)C2CCCCC2)C1. The van der Waals surface area contributed by atoms with Crippen LogP contribution >= 0.6 is 0 Å². The van der Waals surface area contributed by atoms with Crippen LogP contribution in [0, 0.1) is 18.8 Å². The number of nitrogens with zero attached hydrogens (tertiary/aromatic N) is 2. The summed E-state index contributed by atoms with van der Waals surface area (Å²) in [6.07, 6.45) is 6.86. The average Bonchev–Trinajstić information content (AvgIpc) is 2.75. The third-order valence-corrected chi connectivity index (χ3v) is 7.31. The van der Waals surface area contributed by atoms with Crippen LogP contribution in [0.1, 0.15) is 55.7 Å². The molecule has 1 aliphatic carbocycles. The van der Waals surface area contributed by atoms with Gasteiger partial charge in [0.2, 0.25) is 5.91 Å². The molecule has 4 nitrogen and oxygen atoms in total. The molecule has 2 aliphatic heterocycles. The maximum atomic E-state index is 13.3. The van der Waals surface area contributed by atoms with Crippen LogP contribution < -0.4 is 5.56 Å². The van der Waals surface area contributed by atoms with Crippen LogP contribution in [0.3, 0.4) is 0 Å². The average molecular weight is 391 g/mol. The standard InChI is InChI=1S/C25H30N2O2/c1-17-7-5-6-10-21(17)22-11-12-23-20-13-18(15-27(23)25(22)29)14-26(16-20)24(28)19-8-3-2-4-9-19/h5-7,10-12,18-20H,2-4,8-9,13-16H2,1H3/t18-,20+/m0/s1. The van der Waals surface area contributed by atoms with E-state index in [1.807, 2.05) is 28.8 Å². The maximum absolute atomic E-state index is 13.3. The zero-order chi connectivity index (χ0) is 20.0. The second-order valence-corrected chi connectivity index (χ2v) is 9.28. The number of piperidine rings is 1. The molecule has 0 spiro atoms. The number of carbonyl (C=O) groups excluding carboxylic acids is 1. The predicted octanol–water partition coefficient (Wildman–Crippen LogP) is 4.35. The van der Waals surface area contributed by atoms with Gasteiger partial charge in [-0.1, -0.05) is 43.5 Å². The molecular formula is C25H30N2O2. The third kappa shape index (κ3) is 3.33. The Kier molecular flexibility index (Phi) is 4.81. The van der Waals surface area contributed by atoms with Crippen molar-refractivity contribution < 1.29 is 4.79 Å². The van der Waals surface area contributed by atoms with Gasteiger partial charge in [0, 0.05) is 42.7 Å². The molecule has 1 aromatic heterocycles. The highest BCUT2D eigenvalue weighted by atomic mass is 16.2. The number of benzene rings is 1. The molecule has 0 N–H and O–H groups in total. The number of carbonyl (C=O) groups is 1. The number of hydrogen-bond acceptors (Lipinski definition) is 2. The van der Waals surface area contributed by atoms with Gasteiger partial charge in [0.05, 0.1) is 0 Å². The highest BCUT2D eigenvalue weighted by Crippen LogP contribution is 2.37. The lowest BCUT2D eigenvalue weighted by molar-refractivity contribution is -0.139. The van der Waals surface area contributed by atoms with Crippen LogP contribution in [0.5, 0.6) is 0 Å². The van der Waals surface area contributed by atoms with Crippen LogP contribution in [0.15, 0.2) is 41.2 Å². The molecule has 2 aromatic rings. The van der Waals surface area contributed by atoms with Gasteiger partial charge in [0.25, 0.3) is 5.56 Å². The Labute approximate surface area is 172 Å². The molecule has 2 atom stereocenters. The summed E-state index contributed by atoms with van der Waals surface area (Å²) in [7, 11) is 0. The maximum Gasteiger partial charge on any atom is 0.258 e. The Bertz CT molecular complexity index is 987. The Morgan fingerprint density at radius 3 is 2.52 bits per heavy atom. The summed E-state index contributed by atoms with van der Waals surface area (Å²) in [5, 5.41) is 0. The van der Waals surface area contributed by atoms with E-state index in [1.165, 1.54) is 19.3 Å². The molecule has 4 heteroatoms. The lowest BCUT2D eigenvalue weighted by Gasteiger charge is -2.44. The van der Waals surface area contributed by atoms with Crippen molar-refractivity contribution in [2.75, 3.05) is 13.1 Å². The molecule has 3 aliphatic rings. The van der Waals surface area contributed by atoms with Crippen LogP contribution in [0.4, 0.5) is 0 Å². The summed E-state index contributed by atoms with van der Waals surface area (Å²) in [4.78, 5) is 28.6. The second-order valence-electron chi connectivity index (χ2n) is 9.28. The molecule has 29 heavy (non-hydrogen) atoms. The molecule has 1 amide bonds. The van der Waals surface area contributed by atoms with E-state index >= 15 is 0 Å². The molecule has 152 valence electrons. The van der Waals surface area contributed by atoms with Crippen LogP contribution in [-0.4, -0.2) is 28.5 Å². The number of fused-ring (bicyclic) bond motifs is 4. The molecule has 3 heterocycles. The Balaban J connectivity index is 1.44. The highest BCUT2D eigenvalue weighted by Gasteiger charge is 2.38. The Morgan fingerprint density at radius 2 is 1.72 bits per heavy atom. The monoisotopic (exact) mass is 390 g/mol. The zero-order valence-electron chi connectivity index (χ0n) is 17.3. The van der Waals surface area contributed by atoms with Crippen molar-refractivity contribution in [1.82, 2.24) is 9.47 Å². The van der Waals surface area contributed by atoms with Gasteiger partial charge >= 0.3 is 0 Å². The molecular weight excluding hydrogens is 360 g/mol. The van der Waals surface area contributed by atoms with Gasteiger partial charge in [0.1, 0.15) is 0 Å². The van der Waals surface area contributed by atoms with E-state index in [9.17, 15) is 9.59 Å². The molecule has 2 bridgehead atoms. The number of aryl methyl sites for hydroxylation is 1. The van der Waals surface area contributed by atoms with E-state index in [2.05, 4.69) is 24.0 Å². The fourth-order valence-corrected chi connectivity index (χ4v) is 5.81. The minimum absolute atomic E-state index is 0.124. The Morgan fingerprint density at radius 1 is 0.931 bits per heavy atom. The van der Waals surface area contributed by atoms with Gasteiger partial charge in [-0.2, -0.15) is 0 Å². The van der Waals surface area contributed by atoms with E-state index in [0.29, 0.717) is 11.8 Å². The van der Waals surface area contributed by atoms with E-state index < -0.39 is 0 Å².